The van der Waals surface area contributed by atoms with Gasteiger partial charge < -0.3 is 9.47 Å². The molecule has 0 bridgehead atoms. The lowest BCUT2D eigenvalue weighted by atomic mass is 9.89. The van der Waals surface area contributed by atoms with E-state index in [1.54, 1.807) is 0 Å². The highest BCUT2D eigenvalue weighted by Gasteiger charge is 2.37. The Labute approximate surface area is 165 Å². The Hall–Kier alpha value is -0.340. The van der Waals surface area contributed by atoms with Crippen LogP contribution in [0.4, 0.5) is 0 Å². The van der Waals surface area contributed by atoms with E-state index >= 15 is 0 Å². The minimum atomic E-state index is -0.432. The molecule has 0 aromatic rings. The molecular weight excluding hydrogens is 320 g/mol. The van der Waals surface area contributed by atoms with E-state index in [1.807, 2.05) is 0 Å². The molecule has 0 heterocycles. The fourth-order valence-corrected chi connectivity index (χ4v) is 3.46. The quantitative estimate of drug-likeness (QED) is 0.130. The summed E-state index contributed by atoms with van der Waals surface area (Å²) in [7, 11) is 0. The van der Waals surface area contributed by atoms with Crippen LogP contribution in [0.1, 0.15) is 118 Å². The second-order valence-electron chi connectivity index (χ2n) is 7.60. The molecule has 0 radical (unpaired) electrons. The summed E-state index contributed by atoms with van der Waals surface area (Å²) in [6, 6.07) is 0. The van der Waals surface area contributed by atoms with Crippen molar-refractivity contribution in [1.29, 1.82) is 0 Å². The van der Waals surface area contributed by atoms with Crippen LogP contribution in [0.2, 0.25) is 0 Å². The lowest BCUT2D eigenvalue weighted by molar-refractivity contribution is -0.262. The third kappa shape index (κ3) is 11.4. The van der Waals surface area contributed by atoms with Gasteiger partial charge in [0.05, 0.1) is 0 Å². The van der Waals surface area contributed by atoms with Crippen LogP contribution in [0.3, 0.4) is 0 Å². The smallest absolute Gasteiger partial charge is 0.174 e. The number of unbranched alkanes of at least 4 members (excludes halogenated alkanes) is 7. The van der Waals surface area contributed by atoms with Gasteiger partial charge in [0.15, 0.2) is 5.79 Å². The molecule has 0 aromatic carbocycles. The topological polar surface area (TPSA) is 18.5 Å². The second-order valence-corrected chi connectivity index (χ2v) is 7.60. The van der Waals surface area contributed by atoms with Crippen LogP contribution in [-0.4, -0.2) is 19.0 Å². The van der Waals surface area contributed by atoms with Crippen molar-refractivity contribution in [1.82, 2.24) is 0 Å². The molecule has 2 nitrogen and oxygen atoms in total. The Morgan fingerprint density at radius 2 is 1.27 bits per heavy atom. The summed E-state index contributed by atoms with van der Waals surface area (Å²) in [6.07, 6.45) is 20.7. The van der Waals surface area contributed by atoms with E-state index in [-0.39, 0.29) is 0 Å². The van der Waals surface area contributed by atoms with Gasteiger partial charge in [-0.25, -0.2) is 0 Å². The molecule has 0 amide bonds. The zero-order valence-corrected chi connectivity index (χ0v) is 18.7. The fourth-order valence-electron chi connectivity index (χ4n) is 3.46. The minimum absolute atomic E-state index is 0.369. The lowest BCUT2D eigenvalue weighted by Crippen LogP contribution is -2.43. The highest BCUT2D eigenvalue weighted by Crippen LogP contribution is 2.34. The van der Waals surface area contributed by atoms with Crippen molar-refractivity contribution in [3.8, 4) is 0 Å². The lowest BCUT2D eigenvalue weighted by Gasteiger charge is -2.39. The largest absolute Gasteiger partial charge is 0.349 e. The first kappa shape index (κ1) is 25.7. The average molecular weight is 369 g/mol. The molecule has 0 aromatic heterocycles. The number of hydrogen-bond acceptors (Lipinski definition) is 2. The van der Waals surface area contributed by atoms with E-state index in [9.17, 15) is 0 Å². The summed E-state index contributed by atoms with van der Waals surface area (Å²) in [6.45, 7) is 12.7. The molecule has 0 saturated carbocycles. The summed E-state index contributed by atoms with van der Waals surface area (Å²) in [5.41, 5.74) is 0. The minimum Gasteiger partial charge on any atom is -0.349 e. The van der Waals surface area contributed by atoms with E-state index in [2.05, 4.69) is 46.8 Å². The molecule has 0 saturated heterocycles. The number of rotatable bonds is 19. The van der Waals surface area contributed by atoms with Crippen LogP contribution in [0, 0.1) is 5.92 Å². The van der Waals surface area contributed by atoms with Gasteiger partial charge in [-0.3, -0.25) is 0 Å². The Balaban J connectivity index is 4.95. The van der Waals surface area contributed by atoms with Gasteiger partial charge in [0.1, 0.15) is 0 Å². The molecule has 0 aliphatic carbocycles. The van der Waals surface area contributed by atoms with Gasteiger partial charge in [-0.2, -0.15) is 0 Å². The van der Waals surface area contributed by atoms with Crippen molar-refractivity contribution in [2.24, 2.45) is 5.92 Å². The summed E-state index contributed by atoms with van der Waals surface area (Å²) in [4.78, 5) is 0. The maximum Gasteiger partial charge on any atom is 0.174 e. The highest BCUT2D eigenvalue weighted by molar-refractivity contribution is 4.96. The van der Waals surface area contributed by atoms with Crippen molar-refractivity contribution in [2.75, 3.05) is 13.2 Å². The standard InChI is InChI=1S/C24H48O2/c1-6-11-13-15-16-18-20-23(19-17-14-12-7-2)24(10-5,25-21-8-3)26-22-9-4/h17,19,23H,6-16,18,20-22H2,1-5H3. The molecule has 156 valence electrons. The SMILES string of the molecule is CCCCC=CC(CCCCCCCC)C(CC)(OCCC)OCCC. The molecule has 0 fully saturated rings. The van der Waals surface area contributed by atoms with Crippen LogP contribution in [0.25, 0.3) is 0 Å². The van der Waals surface area contributed by atoms with Gasteiger partial charge >= 0.3 is 0 Å². The molecule has 1 atom stereocenters. The van der Waals surface area contributed by atoms with Gasteiger partial charge in [-0.05, 0) is 32.1 Å². The van der Waals surface area contributed by atoms with Gasteiger partial charge in [-0.1, -0.05) is 98.1 Å². The maximum atomic E-state index is 6.37. The first-order valence-electron chi connectivity index (χ1n) is 11.6. The van der Waals surface area contributed by atoms with Crippen LogP contribution in [0.15, 0.2) is 12.2 Å². The van der Waals surface area contributed by atoms with Gasteiger partial charge in [0.2, 0.25) is 0 Å². The zero-order chi connectivity index (χ0) is 19.5. The molecule has 0 rings (SSSR count). The van der Waals surface area contributed by atoms with Crippen LogP contribution in [0.5, 0.6) is 0 Å². The molecule has 0 N–H and O–H groups in total. The van der Waals surface area contributed by atoms with Crippen LogP contribution in [-0.2, 0) is 9.47 Å². The van der Waals surface area contributed by atoms with Crippen molar-refractivity contribution in [3.05, 3.63) is 12.2 Å². The summed E-state index contributed by atoms with van der Waals surface area (Å²) in [5.74, 6) is -0.0633. The predicted octanol–water partition coefficient (Wildman–Crippen LogP) is 8.06. The second kappa shape index (κ2) is 18.0. The molecule has 2 heteroatoms. The normalized spacial score (nSPS) is 13.6. The third-order valence-corrected chi connectivity index (χ3v) is 5.12. The molecule has 0 aliphatic heterocycles. The van der Waals surface area contributed by atoms with Crippen molar-refractivity contribution in [2.45, 2.75) is 124 Å². The van der Waals surface area contributed by atoms with E-state index in [1.165, 1.54) is 64.2 Å². The molecule has 0 spiro atoms. The van der Waals surface area contributed by atoms with E-state index in [0.717, 1.165) is 32.5 Å². The van der Waals surface area contributed by atoms with Crippen LogP contribution < -0.4 is 0 Å². The summed E-state index contributed by atoms with van der Waals surface area (Å²) >= 11 is 0. The van der Waals surface area contributed by atoms with E-state index in [4.69, 9.17) is 9.47 Å². The first-order valence-corrected chi connectivity index (χ1v) is 11.6. The zero-order valence-electron chi connectivity index (χ0n) is 18.7. The van der Waals surface area contributed by atoms with Gasteiger partial charge in [0, 0.05) is 19.1 Å². The predicted molar refractivity (Wildman–Crippen MR) is 116 cm³/mol. The molecular formula is C24H48O2. The molecule has 0 aliphatic rings. The van der Waals surface area contributed by atoms with E-state index in [0.29, 0.717) is 5.92 Å². The number of allylic oxidation sites excluding steroid dienone is 1. The molecule has 1 unspecified atom stereocenters. The summed E-state index contributed by atoms with van der Waals surface area (Å²) < 4.78 is 12.7. The first-order chi connectivity index (χ1) is 12.7. The van der Waals surface area contributed by atoms with E-state index < -0.39 is 5.79 Å². The van der Waals surface area contributed by atoms with Gasteiger partial charge in [-0.15, -0.1) is 0 Å². The Morgan fingerprint density at radius 1 is 0.692 bits per heavy atom. The molecule has 26 heavy (non-hydrogen) atoms. The van der Waals surface area contributed by atoms with Crippen LogP contribution >= 0.6 is 0 Å². The number of ether oxygens (including phenoxy) is 2. The monoisotopic (exact) mass is 368 g/mol. The maximum absolute atomic E-state index is 6.37. The third-order valence-electron chi connectivity index (χ3n) is 5.12. The Bertz CT molecular complexity index is 303. The van der Waals surface area contributed by atoms with Crippen molar-refractivity contribution < 1.29 is 9.47 Å². The van der Waals surface area contributed by atoms with Crippen molar-refractivity contribution in [3.63, 3.8) is 0 Å². The van der Waals surface area contributed by atoms with Crippen molar-refractivity contribution >= 4 is 0 Å². The summed E-state index contributed by atoms with van der Waals surface area (Å²) in [5, 5.41) is 0. The average Bonchev–Trinajstić information content (AvgIpc) is 2.67. The highest BCUT2D eigenvalue weighted by atomic mass is 16.7. The fraction of sp³-hybridized carbons (Fsp3) is 0.917. The Kier molecular flexibility index (Phi) is 17.8. The number of hydrogen-bond donors (Lipinski definition) is 0. The van der Waals surface area contributed by atoms with Gasteiger partial charge in [0.25, 0.3) is 0 Å². The Morgan fingerprint density at radius 3 is 1.81 bits per heavy atom.